The lowest BCUT2D eigenvalue weighted by Crippen LogP contribution is -2.25. The third kappa shape index (κ3) is 5.15. The highest BCUT2D eigenvalue weighted by atomic mass is 19.1. The fraction of sp³-hybridized carbons (Fsp3) is 0.556. The molecule has 1 fully saturated rings. The number of hydrogen-bond acceptors (Lipinski definition) is 2. The number of likely N-dealkylation sites (tertiary alicyclic amines) is 1. The highest BCUT2D eigenvalue weighted by Crippen LogP contribution is 2.30. The van der Waals surface area contributed by atoms with Crippen LogP contribution in [0.2, 0.25) is 0 Å². The van der Waals surface area contributed by atoms with Crippen molar-refractivity contribution in [2.75, 3.05) is 19.7 Å². The molecule has 0 atom stereocenters. The van der Waals surface area contributed by atoms with E-state index < -0.39 is 0 Å². The molecule has 3 heteroatoms. The van der Waals surface area contributed by atoms with E-state index in [1.807, 2.05) is 6.07 Å². The fourth-order valence-electron chi connectivity index (χ4n) is 2.85. The second-order valence-corrected chi connectivity index (χ2v) is 6.60. The maximum atomic E-state index is 13.7. The molecule has 0 amide bonds. The molecule has 1 aliphatic heterocycles. The van der Waals surface area contributed by atoms with Crippen molar-refractivity contribution < 1.29 is 9.50 Å². The van der Waals surface area contributed by atoms with Gasteiger partial charge < -0.3 is 5.11 Å². The van der Waals surface area contributed by atoms with Crippen molar-refractivity contribution in [3.05, 3.63) is 35.1 Å². The van der Waals surface area contributed by atoms with Crippen molar-refractivity contribution in [2.24, 2.45) is 5.41 Å². The zero-order valence-electron chi connectivity index (χ0n) is 13.0. The summed E-state index contributed by atoms with van der Waals surface area (Å²) in [5, 5.41) is 8.73. The molecule has 21 heavy (non-hydrogen) atoms. The van der Waals surface area contributed by atoms with E-state index >= 15 is 0 Å². The summed E-state index contributed by atoms with van der Waals surface area (Å²) < 4.78 is 13.7. The quantitative estimate of drug-likeness (QED) is 0.845. The summed E-state index contributed by atoms with van der Waals surface area (Å²) in [4.78, 5) is 2.40. The smallest absolute Gasteiger partial charge is 0.124 e. The van der Waals surface area contributed by atoms with E-state index in [9.17, 15) is 4.39 Å². The molecule has 1 aromatic rings. The molecule has 0 radical (unpaired) electrons. The van der Waals surface area contributed by atoms with Crippen molar-refractivity contribution in [1.82, 2.24) is 4.90 Å². The summed E-state index contributed by atoms with van der Waals surface area (Å²) >= 11 is 0. The Labute approximate surface area is 127 Å². The predicted molar refractivity (Wildman–Crippen MR) is 83.3 cm³/mol. The molecule has 0 bridgehead atoms. The summed E-state index contributed by atoms with van der Waals surface area (Å²) in [5.74, 6) is 5.09. The molecule has 2 rings (SSSR count). The van der Waals surface area contributed by atoms with Crippen molar-refractivity contribution >= 4 is 0 Å². The predicted octanol–water partition coefficient (Wildman–Crippen LogP) is 3.18. The van der Waals surface area contributed by atoms with Crippen LogP contribution in [0.1, 0.15) is 44.2 Å². The molecule has 114 valence electrons. The van der Waals surface area contributed by atoms with E-state index in [-0.39, 0.29) is 12.4 Å². The standard InChI is InChI=1S/C18H24FNO/c1-18(2)6-4-8-20(9-7-18)14-16-11-15(5-3-10-21)12-17(19)13-16/h11-13,21H,4,6-10,14H2,1-2H3. The molecule has 1 heterocycles. The van der Waals surface area contributed by atoms with Gasteiger partial charge in [0.25, 0.3) is 0 Å². The molecule has 0 unspecified atom stereocenters. The van der Waals surface area contributed by atoms with Gasteiger partial charge in [0.15, 0.2) is 0 Å². The Morgan fingerprint density at radius 3 is 2.81 bits per heavy atom. The first-order chi connectivity index (χ1) is 9.98. The number of aliphatic hydroxyl groups is 1. The van der Waals surface area contributed by atoms with Gasteiger partial charge in [-0.1, -0.05) is 25.7 Å². The van der Waals surface area contributed by atoms with Gasteiger partial charge >= 0.3 is 0 Å². The Kier molecular flexibility index (Phi) is 5.39. The average molecular weight is 289 g/mol. The van der Waals surface area contributed by atoms with Crippen LogP contribution in [0.15, 0.2) is 18.2 Å². The number of nitrogens with zero attached hydrogens (tertiary/aromatic N) is 1. The molecule has 1 saturated heterocycles. The first-order valence-corrected chi connectivity index (χ1v) is 7.60. The Balaban J connectivity index is 2.07. The third-order valence-corrected chi connectivity index (χ3v) is 4.11. The number of hydrogen-bond donors (Lipinski definition) is 1. The molecule has 2 nitrogen and oxygen atoms in total. The van der Waals surface area contributed by atoms with Gasteiger partial charge in [0.1, 0.15) is 12.4 Å². The van der Waals surface area contributed by atoms with Gasteiger partial charge in [0, 0.05) is 12.1 Å². The molecular formula is C18H24FNO. The van der Waals surface area contributed by atoms with Crippen molar-refractivity contribution in [3.8, 4) is 11.8 Å². The van der Waals surface area contributed by atoms with Crippen LogP contribution in [0.4, 0.5) is 4.39 Å². The zero-order valence-corrected chi connectivity index (χ0v) is 13.0. The van der Waals surface area contributed by atoms with Gasteiger partial charge in [-0.15, -0.1) is 0 Å². The van der Waals surface area contributed by atoms with Crippen LogP contribution in [0.25, 0.3) is 0 Å². The summed E-state index contributed by atoms with van der Waals surface area (Å²) in [6.07, 6.45) is 3.62. The SMILES string of the molecule is CC1(C)CCCN(Cc2cc(F)cc(C#CCO)c2)CC1. The van der Waals surface area contributed by atoms with Crippen molar-refractivity contribution in [3.63, 3.8) is 0 Å². The Hall–Kier alpha value is -1.37. The van der Waals surface area contributed by atoms with Crippen LogP contribution in [-0.4, -0.2) is 29.7 Å². The molecule has 1 aliphatic rings. The molecule has 0 aromatic heterocycles. The zero-order chi connectivity index (χ0) is 15.3. The summed E-state index contributed by atoms with van der Waals surface area (Å²) in [6.45, 7) is 7.33. The first kappa shape index (κ1) is 16.0. The third-order valence-electron chi connectivity index (χ3n) is 4.11. The van der Waals surface area contributed by atoms with Crippen LogP contribution in [-0.2, 0) is 6.54 Å². The molecule has 1 aromatic carbocycles. The van der Waals surface area contributed by atoms with Crippen LogP contribution in [0.3, 0.4) is 0 Å². The molecular weight excluding hydrogens is 265 g/mol. The molecule has 0 aliphatic carbocycles. The minimum absolute atomic E-state index is 0.201. The maximum absolute atomic E-state index is 13.7. The van der Waals surface area contributed by atoms with E-state index in [1.165, 1.54) is 25.3 Å². The van der Waals surface area contributed by atoms with Gasteiger partial charge in [0.2, 0.25) is 0 Å². The minimum Gasteiger partial charge on any atom is -0.384 e. The van der Waals surface area contributed by atoms with E-state index in [0.29, 0.717) is 11.0 Å². The second kappa shape index (κ2) is 7.06. The van der Waals surface area contributed by atoms with Gasteiger partial charge in [-0.25, -0.2) is 4.39 Å². The van der Waals surface area contributed by atoms with Gasteiger partial charge in [-0.2, -0.15) is 0 Å². The van der Waals surface area contributed by atoms with Crippen molar-refractivity contribution in [2.45, 2.75) is 39.7 Å². The lowest BCUT2D eigenvalue weighted by Gasteiger charge is -2.23. The molecule has 0 saturated carbocycles. The normalized spacial score (nSPS) is 18.7. The van der Waals surface area contributed by atoms with E-state index in [2.05, 4.69) is 30.6 Å². The second-order valence-electron chi connectivity index (χ2n) is 6.60. The van der Waals surface area contributed by atoms with Gasteiger partial charge in [0.05, 0.1) is 0 Å². The van der Waals surface area contributed by atoms with E-state index in [4.69, 9.17) is 5.11 Å². The van der Waals surface area contributed by atoms with Crippen molar-refractivity contribution in [1.29, 1.82) is 0 Å². The van der Waals surface area contributed by atoms with Gasteiger partial charge in [-0.3, -0.25) is 4.90 Å². The molecule has 1 N–H and O–H groups in total. The largest absolute Gasteiger partial charge is 0.384 e. The minimum atomic E-state index is -0.259. The number of halogens is 1. The lowest BCUT2D eigenvalue weighted by atomic mass is 9.85. The van der Waals surface area contributed by atoms with Crippen LogP contribution in [0.5, 0.6) is 0 Å². The number of benzene rings is 1. The summed E-state index contributed by atoms with van der Waals surface area (Å²) in [6, 6.07) is 4.92. The lowest BCUT2D eigenvalue weighted by molar-refractivity contribution is 0.255. The summed E-state index contributed by atoms with van der Waals surface area (Å²) in [7, 11) is 0. The first-order valence-electron chi connectivity index (χ1n) is 7.60. The van der Waals surface area contributed by atoms with E-state index in [1.54, 1.807) is 6.07 Å². The topological polar surface area (TPSA) is 23.5 Å². The number of rotatable bonds is 2. The maximum Gasteiger partial charge on any atom is 0.124 e. The number of aliphatic hydroxyl groups excluding tert-OH is 1. The molecule has 0 spiro atoms. The Morgan fingerprint density at radius 2 is 2.05 bits per heavy atom. The van der Waals surface area contributed by atoms with Crippen LogP contribution >= 0.6 is 0 Å². The Bertz CT molecular complexity index is 542. The summed E-state index contributed by atoms with van der Waals surface area (Å²) in [5.41, 5.74) is 2.00. The van der Waals surface area contributed by atoms with Gasteiger partial charge in [-0.05, 0) is 61.5 Å². The monoisotopic (exact) mass is 289 g/mol. The van der Waals surface area contributed by atoms with Crippen LogP contribution in [0, 0.1) is 23.1 Å². The fourth-order valence-corrected chi connectivity index (χ4v) is 2.85. The highest BCUT2D eigenvalue weighted by molar-refractivity contribution is 5.37. The highest BCUT2D eigenvalue weighted by Gasteiger charge is 2.23. The van der Waals surface area contributed by atoms with E-state index in [0.717, 1.165) is 25.2 Å². The average Bonchev–Trinajstić information content (AvgIpc) is 2.57. The van der Waals surface area contributed by atoms with Crippen LogP contribution < -0.4 is 0 Å². The Morgan fingerprint density at radius 1 is 1.24 bits per heavy atom.